The number of benzene rings is 2. The maximum Gasteiger partial charge on any atom is 0.279 e. The van der Waals surface area contributed by atoms with Gasteiger partial charge in [0.2, 0.25) is 0 Å². The number of methoxy groups -OCH3 is 1. The fourth-order valence-corrected chi connectivity index (χ4v) is 4.53. The molecule has 0 saturated carbocycles. The van der Waals surface area contributed by atoms with Crippen LogP contribution in [0, 0.1) is 0 Å². The largest absolute Gasteiger partial charge is 0.383 e. The number of rotatable bonds is 7. The summed E-state index contributed by atoms with van der Waals surface area (Å²) in [6.45, 7) is 7.17. The fraction of sp³-hybridized carbons (Fsp3) is 0.333. The molecule has 1 heterocycles. The summed E-state index contributed by atoms with van der Waals surface area (Å²) in [7, 11) is 1.65. The highest BCUT2D eigenvalue weighted by Gasteiger charge is 2.12. The van der Waals surface area contributed by atoms with Crippen LogP contribution in [-0.4, -0.2) is 37.3 Å². The number of nitrogens with zero attached hydrogens (tertiary/aromatic N) is 3. The lowest BCUT2D eigenvalue weighted by molar-refractivity contribution is 0.0997. The van der Waals surface area contributed by atoms with E-state index in [0.29, 0.717) is 28.5 Å². The SMILES string of the molecule is CCN(CC)c1ccc(C(=O)N=c2sc3cccc(Cl)c3n2CCOC)cc1. The van der Waals surface area contributed by atoms with Crippen LogP contribution in [0.15, 0.2) is 47.5 Å². The van der Waals surface area contributed by atoms with Gasteiger partial charge in [0.15, 0.2) is 4.80 Å². The maximum absolute atomic E-state index is 12.8. The quantitative estimate of drug-likeness (QED) is 0.564. The molecule has 0 fully saturated rings. The molecule has 1 amide bonds. The Labute approximate surface area is 173 Å². The van der Waals surface area contributed by atoms with E-state index in [2.05, 4.69) is 23.7 Å². The van der Waals surface area contributed by atoms with Gasteiger partial charge in [-0.25, -0.2) is 0 Å². The third kappa shape index (κ3) is 4.29. The first-order chi connectivity index (χ1) is 13.6. The van der Waals surface area contributed by atoms with Crippen LogP contribution in [0.25, 0.3) is 10.2 Å². The smallest absolute Gasteiger partial charge is 0.279 e. The summed E-state index contributed by atoms with van der Waals surface area (Å²) in [6, 6.07) is 13.3. The Bertz CT molecular complexity index is 1020. The van der Waals surface area contributed by atoms with E-state index in [-0.39, 0.29) is 5.91 Å². The summed E-state index contributed by atoms with van der Waals surface area (Å²) in [5.41, 5.74) is 2.55. The van der Waals surface area contributed by atoms with E-state index in [4.69, 9.17) is 16.3 Å². The molecule has 0 saturated heterocycles. The summed E-state index contributed by atoms with van der Waals surface area (Å²) in [5.74, 6) is -0.264. The van der Waals surface area contributed by atoms with Gasteiger partial charge >= 0.3 is 0 Å². The minimum atomic E-state index is -0.264. The summed E-state index contributed by atoms with van der Waals surface area (Å²) < 4.78 is 8.16. The van der Waals surface area contributed by atoms with E-state index in [1.807, 2.05) is 47.0 Å². The second-order valence-corrected chi connectivity index (χ2v) is 7.67. The lowest BCUT2D eigenvalue weighted by Crippen LogP contribution is -2.21. The molecule has 0 bridgehead atoms. The van der Waals surface area contributed by atoms with Crippen molar-refractivity contribution in [3.63, 3.8) is 0 Å². The predicted octanol–water partition coefficient (Wildman–Crippen LogP) is 4.59. The number of hydrogen-bond acceptors (Lipinski definition) is 4. The Hall–Kier alpha value is -2.15. The van der Waals surface area contributed by atoms with E-state index >= 15 is 0 Å². The molecule has 0 atom stereocenters. The minimum absolute atomic E-state index is 0.264. The summed E-state index contributed by atoms with van der Waals surface area (Å²) in [6.07, 6.45) is 0. The molecule has 2 aromatic carbocycles. The lowest BCUT2D eigenvalue weighted by Gasteiger charge is -2.20. The Kier molecular flexibility index (Phi) is 6.88. The number of aromatic nitrogens is 1. The Morgan fingerprint density at radius 3 is 2.54 bits per heavy atom. The second-order valence-electron chi connectivity index (χ2n) is 6.25. The minimum Gasteiger partial charge on any atom is -0.383 e. The number of ether oxygens (including phenoxy) is 1. The third-order valence-electron chi connectivity index (χ3n) is 4.61. The van der Waals surface area contributed by atoms with Gasteiger partial charge in [0.05, 0.1) is 21.8 Å². The molecule has 0 spiro atoms. The average Bonchev–Trinajstić information content (AvgIpc) is 3.06. The number of hydrogen-bond donors (Lipinski definition) is 0. The van der Waals surface area contributed by atoms with Crippen molar-refractivity contribution in [1.29, 1.82) is 0 Å². The van der Waals surface area contributed by atoms with E-state index in [9.17, 15) is 4.79 Å². The van der Waals surface area contributed by atoms with Crippen LogP contribution in [0.1, 0.15) is 24.2 Å². The maximum atomic E-state index is 12.8. The highest BCUT2D eigenvalue weighted by molar-refractivity contribution is 7.16. The molecule has 5 nitrogen and oxygen atoms in total. The average molecular weight is 418 g/mol. The third-order valence-corrected chi connectivity index (χ3v) is 5.96. The van der Waals surface area contributed by atoms with Crippen molar-refractivity contribution in [2.75, 3.05) is 31.7 Å². The first kappa shape index (κ1) is 20.6. The Morgan fingerprint density at radius 2 is 1.89 bits per heavy atom. The predicted molar refractivity (Wildman–Crippen MR) is 117 cm³/mol. The van der Waals surface area contributed by atoms with Crippen molar-refractivity contribution >= 4 is 44.7 Å². The first-order valence-corrected chi connectivity index (χ1v) is 10.5. The lowest BCUT2D eigenvalue weighted by atomic mass is 10.2. The van der Waals surface area contributed by atoms with Crippen molar-refractivity contribution in [2.24, 2.45) is 4.99 Å². The van der Waals surface area contributed by atoms with Crippen molar-refractivity contribution in [2.45, 2.75) is 20.4 Å². The van der Waals surface area contributed by atoms with Gasteiger partial charge in [-0.15, -0.1) is 0 Å². The monoisotopic (exact) mass is 417 g/mol. The number of thiazole rings is 1. The van der Waals surface area contributed by atoms with Crippen LogP contribution in [-0.2, 0) is 11.3 Å². The highest BCUT2D eigenvalue weighted by atomic mass is 35.5. The first-order valence-electron chi connectivity index (χ1n) is 9.29. The number of fused-ring (bicyclic) bond motifs is 1. The van der Waals surface area contributed by atoms with Gasteiger partial charge in [0.1, 0.15) is 0 Å². The van der Waals surface area contributed by atoms with Crippen molar-refractivity contribution in [1.82, 2.24) is 4.57 Å². The van der Waals surface area contributed by atoms with Gasteiger partial charge in [0, 0.05) is 38.0 Å². The van der Waals surface area contributed by atoms with Crippen LogP contribution in [0.2, 0.25) is 5.02 Å². The molecular weight excluding hydrogens is 394 g/mol. The van der Waals surface area contributed by atoms with E-state index < -0.39 is 0 Å². The number of halogens is 1. The van der Waals surface area contributed by atoms with Crippen LogP contribution in [0.3, 0.4) is 0 Å². The van der Waals surface area contributed by atoms with Crippen molar-refractivity contribution < 1.29 is 9.53 Å². The molecule has 1 aromatic heterocycles. The number of amides is 1. The van der Waals surface area contributed by atoms with Gasteiger partial charge in [-0.3, -0.25) is 4.79 Å². The molecular formula is C21H24ClN3O2S. The zero-order valence-corrected chi connectivity index (χ0v) is 17.9. The summed E-state index contributed by atoms with van der Waals surface area (Å²) in [4.78, 5) is 20.0. The molecule has 0 unspecified atom stereocenters. The van der Waals surface area contributed by atoms with Crippen LogP contribution in [0.4, 0.5) is 5.69 Å². The van der Waals surface area contributed by atoms with E-state index in [0.717, 1.165) is 29.0 Å². The topological polar surface area (TPSA) is 46.8 Å². The number of carbonyl (C=O) groups excluding carboxylic acids is 1. The van der Waals surface area contributed by atoms with E-state index in [1.165, 1.54) is 11.3 Å². The molecule has 148 valence electrons. The van der Waals surface area contributed by atoms with Crippen molar-refractivity contribution in [3.05, 3.63) is 57.9 Å². The Morgan fingerprint density at radius 1 is 1.18 bits per heavy atom. The molecule has 0 aliphatic heterocycles. The number of carbonyl (C=O) groups is 1. The van der Waals surface area contributed by atoms with Gasteiger partial charge in [-0.05, 0) is 50.2 Å². The van der Waals surface area contributed by atoms with Gasteiger partial charge < -0.3 is 14.2 Å². The molecule has 3 aromatic rings. The molecule has 0 radical (unpaired) electrons. The zero-order chi connectivity index (χ0) is 20.1. The highest BCUT2D eigenvalue weighted by Crippen LogP contribution is 2.25. The second kappa shape index (κ2) is 9.37. The summed E-state index contributed by atoms with van der Waals surface area (Å²) in [5, 5.41) is 0.641. The van der Waals surface area contributed by atoms with Gasteiger partial charge in [0.25, 0.3) is 5.91 Å². The normalized spacial score (nSPS) is 11.9. The molecule has 0 aliphatic rings. The molecule has 0 N–H and O–H groups in total. The Balaban J connectivity index is 1.99. The van der Waals surface area contributed by atoms with Gasteiger partial charge in [-0.2, -0.15) is 4.99 Å². The molecule has 0 aliphatic carbocycles. The van der Waals surface area contributed by atoms with Crippen LogP contribution in [0.5, 0.6) is 0 Å². The molecule has 28 heavy (non-hydrogen) atoms. The standard InChI is InChI=1S/C21H24ClN3O2S/c1-4-24(5-2)16-11-9-15(10-12-16)20(26)23-21-25(13-14-27-3)19-17(22)7-6-8-18(19)28-21/h6-12H,4-5,13-14H2,1-3H3. The van der Waals surface area contributed by atoms with Crippen LogP contribution < -0.4 is 9.70 Å². The summed E-state index contributed by atoms with van der Waals surface area (Å²) >= 11 is 7.85. The molecule has 3 rings (SSSR count). The zero-order valence-electron chi connectivity index (χ0n) is 16.3. The van der Waals surface area contributed by atoms with Crippen molar-refractivity contribution in [3.8, 4) is 0 Å². The number of anilines is 1. The molecule has 7 heteroatoms. The van der Waals surface area contributed by atoms with Crippen LogP contribution >= 0.6 is 22.9 Å². The fourth-order valence-electron chi connectivity index (χ4n) is 3.12. The number of para-hydroxylation sites is 1. The van der Waals surface area contributed by atoms with E-state index in [1.54, 1.807) is 7.11 Å². The van der Waals surface area contributed by atoms with Gasteiger partial charge in [-0.1, -0.05) is 29.0 Å².